The predicted octanol–water partition coefficient (Wildman–Crippen LogP) is 4.25. The van der Waals surface area contributed by atoms with E-state index in [-0.39, 0.29) is 18.2 Å². The number of carbonyl (C=O) groups is 1. The second-order valence-electron chi connectivity index (χ2n) is 8.88. The fourth-order valence-corrected chi connectivity index (χ4v) is 4.60. The maximum absolute atomic E-state index is 12.4. The minimum Gasteiger partial charge on any atom is -0.394 e. The molecule has 1 amide bonds. The molecule has 0 unspecified atom stereocenters. The Kier molecular flexibility index (Phi) is 7.39. The average Bonchev–Trinajstić information content (AvgIpc) is 3.40. The molecule has 0 aliphatic carbocycles. The summed E-state index contributed by atoms with van der Waals surface area (Å²) < 4.78 is 0. The molecule has 38 heavy (non-hydrogen) atoms. The second kappa shape index (κ2) is 11.2. The quantitative estimate of drug-likeness (QED) is 0.190. The van der Waals surface area contributed by atoms with Crippen LogP contribution in [0.3, 0.4) is 0 Å². The number of nitrogens with zero attached hydrogens (tertiary/aromatic N) is 3. The Labute approximate surface area is 220 Å². The van der Waals surface area contributed by atoms with Crippen molar-refractivity contribution in [3.05, 3.63) is 102 Å². The molecule has 0 aliphatic heterocycles. The Bertz CT molecular complexity index is 1550. The summed E-state index contributed by atoms with van der Waals surface area (Å²) in [6.45, 7) is 2.63. The molecule has 5 aromatic rings. The summed E-state index contributed by atoms with van der Waals surface area (Å²) >= 11 is 0. The highest BCUT2D eigenvalue weighted by Crippen LogP contribution is 2.32. The molecule has 6 N–H and O–H groups in total. The number of fused-ring (bicyclic) bond motifs is 1. The van der Waals surface area contributed by atoms with Gasteiger partial charge in [-0.25, -0.2) is 9.97 Å². The molecule has 1 atom stereocenters. The first kappa shape index (κ1) is 25.1. The summed E-state index contributed by atoms with van der Waals surface area (Å²) in [4.78, 5) is 28.7. The maximum atomic E-state index is 12.4. The number of pyridine rings is 2. The second-order valence-corrected chi connectivity index (χ2v) is 8.88. The van der Waals surface area contributed by atoms with E-state index >= 15 is 0 Å². The summed E-state index contributed by atoms with van der Waals surface area (Å²) in [6.07, 6.45) is 5.58. The maximum Gasteiger partial charge on any atom is 0.252 e. The highest BCUT2D eigenvalue weighted by Gasteiger charge is 2.19. The zero-order valence-electron chi connectivity index (χ0n) is 21.0. The van der Waals surface area contributed by atoms with E-state index in [4.69, 9.17) is 5.73 Å². The lowest BCUT2D eigenvalue weighted by Crippen LogP contribution is -2.24. The molecule has 192 valence electrons. The number of anilines is 2. The number of nitrogens with two attached hydrogens (primary N) is 1. The number of rotatable bonds is 10. The molecular formula is C29H29N7O2. The van der Waals surface area contributed by atoms with Gasteiger partial charge in [0, 0.05) is 36.4 Å². The van der Waals surface area contributed by atoms with Crippen LogP contribution in [-0.4, -0.2) is 37.6 Å². The summed E-state index contributed by atoms with van der Waals surface area (Å²) in [5.41, 5.74) is 12.5. The lowest BCUT2D eigenvalue weighted by molar-refractivity contribution is 0.100. The molecule has 0 saturated carbocycles. The molecule has 0 bridgehead atoms. The van der Waals surface area contributed by atoms with Gasteiger partial charge in [-0.3, -0.25) is 9.78 Å². The van der Waals surface area contributed by atoms with E-state index in [0.29, 0.717) is 29.2 Å². The third-order valence-electron chi connectivity index (χ3n) is 6.55. The van der Waals surface area contributed by atoms with Crippen molar-refractivity contribution in [3.8, 4) is 11.4 Å². The van der Waals surface area contributed by atoms with Crippen molar-refractivity contribution in [1.82, 2.24) is 25.3 Å². The number of primary amides is 1. The van der Waals surface area contributed by atoms with Crippen molar-refractivity contribution in [2.75, 3.05) is 11.9 Å². The molecule has 5 rings (SSSR count). The predicted molar refractivity (Wildman–Crippen MR) is 148 cm³/mol. The van der Waals surface area contributed by atoms with Crippen LogP contribution in [0.5, 0.6) is 0 Å². The number of carbonyl (C=O) groups excluding carboxylic acids is 1. The number of aromatic nitrogens is 4. The van der Waals surface area contributed by atoms with Crippen LogP contribution in [0.2, 0.25) is 0 Å². The van der Waals surface area contributed by atoms with Gasteiger partial charge >= 0.3 is 0 Å². The van der Waals surface area contributed by atoms with Gasteiger partial charge in [-0.15, -0.1) is 0 Å². The molecule has 0 spiro atoms. The fraction of sp³-hybridized carbons (Fsp3) is 0.172. The molecule has 0 aliphatic rings. The third-order valence-corrected chi connectivity index (χ3v) is 6.55. The largest absolute Gasteiger partial charge is 0.394 e. The van der Waals surface area contributed by atoms with E-state index in [1.54, 1.807) is 12.4 Å². The van der Waals surface area contributed by atoms with Gasteiger partial charge in [0.15, 0.2) is 5.65 Å². The molecule has 3 aromatic heterocycles. The molecule has 0 radical (unpaired) electrons. The number of nitrogens with one attached hydrogen (secondary N) is 3. The SMILES string of the molecule is CCc1c(CN[C@H](CO)c2ccccc2)cccc1Nc1c(C(N)=O)cnc2nc(-c3ccncc3)[nH]c12. The number of aliphatic hydroxyl groups is 1. The van der Waals surface area contributed by atoms with E-state index in [2.05, 4.69) is 43.6 Å². The van der Waals surface area contributed by atoms with Crippen molar-refractivity contribution in [2.45, 2.75) is 25.9 Å². The van der Waals surface area contributed by atoms with E-state index in [1.165, 1.54) is 6.20 Å². The van der Waals surface area contributed by atoms with Crippen LogP contribution in [0.1, 0.15) is 40.0 Å². The Morgan fingerprint density at radius 2 is 1.87 bits per heavy atom. The van der Waals surface area contributed by atoms with E-state index in [9.17, 15) is 9.90 Å². The van der Waals surface area contributed by atoms with Crippen molar-refractivity contribution >= 4 is 28.4 Å². The van der Waals surface area contributed by atoms with Gasteiger partial charge in [0.25, 0.3) is 5.91 Å². The molecule has 0 fully saturated rings. The minimum atomic E-state index is -0.591. The Morgan fingerprint density at radius 3 is 2.58 bits per heavy atom. The number of hydrogen-bond acceptors (Lipinski definition) is 7. The molecule has 2 aromatic carbocycles. The molecule has 9 heteroatoms. The molecule has 3 heterocycles. The summed E-state index contributed by atoms with van der Waals surface area (Å²) in [7, 11) is 0. The standard InChI is InChI=1S/C29H29N7O2/c1-2-21-20(15-32-24(17-37)18-7-4-3-5-8-18)9-6-10-23(21)34-25-22(27(30)38)16-33-29-26(25)35-28(36-29)19-11-13-31-14-12-19/h3-14,16,24,32,37H,2,15,17H2,1H3,(H2,30,38)(H2,33,34,35,36)/t24-/m1/s1. The molecular weight excluding hydrogens is 478 g/mol. The van der Waals surface area contributed by atoms with Crippen LogP contribution in [-0.2, 0) is 13.0 Å². The Balaban J connectivity index is 1.50. The summed E-state index contributed by atoms with van der Waals surface area (Å²) in [5, 5.41) is 16.9. The van der Waals surface area contributed by atoms with Gasteiger partial charge in [0.05, 0.1) is 23.9 Å². The van der Waals surface area contributed by atoms with Gasteiger partial charge in [0.2, 0.25) is 0 Å². The molecule has 0 saturated heterocycles. The highest BCUT2D eigenvalue weighted by atomic mass is 16.3. The molecule has 9 nitrogen and oxygen atoms in total. The Hall–Kier alpha value is -4.60. The number of imidazole rings is 1. The van der Waals surface area contributed by atoms with Gasteiger partial charge in [0.1, 0.15) is 11.3 Å². The number of aliphatic hydroxyl groups excluding tert-OH is 1. The lowest BCUT2D eigenvalue weighted by atomic mass is 10.0. The lowest BCUT2D eigenvalue weighted by Gasteiger charge is -2.20. The van der Waals surface area contributed by atoms with Crippen molar-refractivity contribution in [2.24, 2.45) is 5.73 Å². The number of H-pyrrole nitrogens is 1. The zero-order chi connectivity index (χ0) is 26.5. The normalized spacial score (nSPS) is 11.9. The topological polar surface area (TPSA) is 142 Å². The van der Waals surface area contributed by atoms with E-state index < -0.39 is 5.91 Å². The average molecular weight is 508 g/mol. The Morgan fingerprint density at radius 1 is 1.08 bits per heavy atom. The third kappa shape index (κ3) is 5.10. The van der Waals surface area contributed by atoms with Gasteiger partial charge < -0.3 is 26.5 Å². The van der Waals surface area contributed by atoms with Crippen LogP contribution >= 0.6 is 0 Å². The van der Waals surface area contributed by atoms with Crippen molar-refractivity contribution < 1.29 is 9.90 Å². The van der Waals surface area contributed by atoms with Crippen LogP contribution in [0.4, 0.5) is 11.4 Å². The monoisotopic (exact) mass is 507 g/mol. The highest BCUT2D eigenvalue weighted by molar-refractivity contribution is 6.06. The van der Waals surface area contributed by atoms with Crippen LogP contribution in [0, 0.1) is 0 Å². The van der Waals surface area contributed by atoms with Crippen molar-refractivity contribution in [3.63, 3.8) is 0 Å². The van der Waals surface area contributed by atoms with Gasteiger partial charge in [-0.05, 0) is 41.3 Å². The summed E-state index contributed by atoms with van der Waals surface area (Å²) in [6, 6.07) is 19.4. The fourth-order valence-electron chi connectivity index (χ4n) is 4.60. The van der Waals surface area contributed by atoms with E-state index in [0.717, 1.165) is 34.4 Å². The zero-order valence-corrected chi connectivity index (χ0v) is 21.0. The first-order chi connectivity index (χ1) is 18.6. The van der Waals surface area contributed by atoms with Crippen LogP contribution in [0.25, 0.3) is 22.6 Å². The van der Waals surface area contributed by atoms with Gasteiger partial charge in [-0.2, -0.15) is 0 Å². The number of hydrogen-bond donors (Lipinski definition) is 5. The minimum absolute atomic E-state index is 0.0139. The smallest absolute Gasteiger partial charge is 0.252 e. The number of aromatic amines is 1. The van der Waals surface area contributed by atoms with Crippen molar-refractivity contribution in [1.29, 1.82) is 0 Å². The first-order valence-corrected chi connectivity index (χ1v) is 12.4. The van der Waals surface area contributed by atoms with Gasteiger partial charge in [-0.1, -0.05) is 49.4 Å². The van der Waals surface area contributed by atoms with Crippen LogP contribution in [0.15, 0.2) is 79.3 Å². The van der Waals surface area contributed by atoms with E-state index in [1.807, 2.05) is 54.6 Å². The number of benzene rings is 2. The summed E-state index contributed by atoms with van der Waals surface area (Å²) in [5.74, 6) is 0.0238. The van der Waals surface area contributed by atoms with Crippen LogP contribution < -0.4 is 16.4 Å². The first-order valence-electron chi connectivity index (χ1n) is 12.4. The number of amides is 1.